The van der Waals surface area contributed by atoms with Gasteiger partial charge in [-0.15, -0.1) is 0 Å². The molecule has 0 saturated heterocycles. The van der Waals surface area contributed by atoms with E-state index in [4.69, 9.17) is 5.73 Å². The minimum Gasteiger partial charge on any atom is -0.325 e. The molecule has 0 aliphatic carbocycles. The van der Waals surface area contributed by atoms with Crippen molar-refractivity contribution in [2.75, 3.05) is 6.54 Å². The van der Waals surface area contributed by atoms with Crippen molar-refractivity contribution in [1.82, 2.24) is 5.01 Å². The van der Waals surface area contributed by atoms with Crippen molar-refractivity contribution in [3.05, 3.63) is 35.4 Å². The van der Waals surface area contributed by atoms with Crippen LogP contribution in [0.5, 0.6) is 0 Å². The highest BCUT2D eigenvalue weighted by Gasteiger charge is 2.35. The van der Waals surface area contributed by atoms with Gasteiger partial charge in [0.25, 0.3) is 11.8 Å². The zero-order valence-electron chi connectivity index (χ0n) is 8.80. The number of rotatable bonds is 2. The van der Waals surface area contributed by atoms with Crippen molar-refractivity contribution in [2.45, 2.75) is 6.92 Å². The smallest absolute Gasteiger partial charge is 0.282 e. The number of amides is 2. The number of hydrazone groups is 1. The topological polar surface area (TPSA) is 75.8 Å². The molecule has 0 spiro atoms. The molecular formula is C11H11N3O2. The number of hydrogen-bond acceptors (Lipinski definition) is 4. The second-order valence-electron chi connectivity index (χ2n) is 3.51. The summed E-state index contributed by atoms with van der Waals surface area (Å²) in [6, 6.07) is 6.66. The summed E-state index contributed by atoms with van der Waals surface area (Å²) >= 11 is 0. The van der Waals surface area contributed by atoms with Crippen LogP contribution in [-0.4, -0.2) is 29.1 Å². The van der Waals surface area contributed by atoms with E-state index in [0.717, 1.165) is 5.01 Å². The molecule has 5 heteroatoms. The number of benzene rings is 1. The molecule has 0 atom stereocenters. The first-order valence-corrected chi connectivity index (χ1v) is 4.87. The minimum absolute atomic E-state index is 0.216. The molecule has 1 heterocycles. The molecule has 1 aromatic rings. The average Bonchev–Trinajstić information content (AvgIpc) is 2.55. The maximum absolute atomic E-state index is 11.8. The maximum Gasteiger partial charge on any atom is 0.282 e. The first-order chi connectivity index (χ1) is 7.65. The molecule has 16 heavy (non-hydrogen) atoms. The molecule has 0 saturated carbocycles. The molecule has 2 rings (SSSR count). The Kier molecular flexibility index (Phi) is 2.54. The highest BCUT2D eigenvalue weighted by Crippen LogP contribution is 2.22. The molecule has 5 nitrogen and oxygen atoms in total. The fourth-order valence-electron chi connectivity index (χ4n) is 1.48. The van der Waals surface area contributed by atoms with Gasteiger partial charge in [-0.25, -0.2) is 0 Å². The van der Waals surface area contributed by atoms with Crippen LogP contribution in [0.3, 0.4) is 0 Å². The van der Waals surface area contributed by atoms with E-state index in [0.29, 0.717) is 16.8 Å². The van der Waals surface area contributed by atoms with Crippen LogP contribution in [0.15, 0.2) is 29.4 Å². The molecule has 1 aliphatic rings. The second kappa shape index (κ2) is 3.86. The van der Waals surface area contributed by atoms with Gasteiger partial charge in [0.1, 0.15) is 0 Å². The zero-order valence-corrected chi connectivity index (χ0v) is 8.80. The Labute approximate surface area is 92.5 Å². The third kappa shape index (κ3) is 1.51. The number of hydrogen-bond donors (Lipinski definition) is 1. The lowest BCUT2D eigenvalue weighted by Crippen LogP contribution is -2.26. The predicted molar refractivity (Wildman–Crippen MR) is 59.1 cm³/mol. The molecule has 1 aliphatic heterocycles. The van der Waals surface area contributed by atoms with Crippen LogP contribution in [0.2, 0.25) is 0 Å². The van der Waals surface area contributed by atoms with Crippen LogP contribution in [0.4, 0.5) is 0 Å². The van der Waals surface area contributed by atoms with Gasteiger partial charge >= 0.3 is 0 Å². The van der Waals surface area contributed by atoms with E-state index in [2.05, 4.69) is 5.10 Å². The third-order valence-corrected chi connectivity index (χ3v) is 2.34. The van der Waals surface area contributed by atoms with E-state index in [1.165, 1.54) is 0 Å². The van der Waals surface area contributed by atoms with Crippen LogP contribution in [0.1, 0.15) is 27.6 Å². The number of carbonyl (C=O) groups is 2. The van der Waals surface area contributed by atoms with E-state index < -0.39 is 11.8 Å². The monoisotopic (exact) mass is 217 g/mol. The number of imide groups is 1. The summed E-state index contributed by atoms with van der Waals surface area (Å²) in [4.78, 5) is 23.6. The van der Waals surface area contributed by atoms with Gasteiger partial charge in [0.15, 0.2) is 0 Å². The van der Waals surface area contributed by atoms with Crippen molar-refractivity contribution in [3.8, 4) is 0 Å². The summed E-state index contributed by atoms with van der Waals surface area (Å²) in [5.41, 5.74) is 6.68. The zero-order chi connectivity index (χ0) is 11.7. The van der Waals surface area contributed by atoms with Gasteiger partial charge in [0, 0.05) is 12.3 Å². The van der Waals surface area contributed by atoms with Gasteiger partial charge in [-0.05, 0) is 19.1 Å². The quantitative estimate of drug-likeness (QED) is 0.582. The average molecular weight is 217 g/mol. The maximum atomic E-state index is 11.8. The van der Waals surface area contributed by atoms with Crippen molar-refractivity contribution in [1.29, 1.82) is 0 Å². The van der Waals surface area contributed by atoms with Crippen LogP contribution in [0, 0.1) is 0 Å². The van der Waals surface area contributed by atoms with E-state index in [9.17, 15) is 9.59 Å². The molecule has 2 N–H and O–H groups in total. The molecule has 0 fully saturated rings. The van der Waals surface area contributed by atoms with Crippen molar-refractivity contribution in [3.63, 3.8) is 0 Å². The van der Waals surface area contributed by atoms with Crippen LogP contribution >= 0.6 is 0 Å². The van der Waals surface area contributed by atoms with Gasteiger partial charge in [0.05, 0.1) is 11.1 Å². The minimum atomic E-state index is -0.395. The van der Waals surface area contributed by atoms with Crippen molar-refractivity contribution >= 4 is 17.5 Å². The van der Waals surface area contributed by atoms with Crippen molar-refractivity contribution < 1.29 is 9.59 Å². The first-order valence-electron chi connectivity index (χ1n) is 4.87. The summed E-state index contributed by atoms with van der Waals surface area (Å²) < 4.78 is 0. The van der Waals surface area contributed by atoms with Crippen molar-refractivity contribution in [2.24, 2.45) is 10.8 Å². The highest BCUT2D eigenvalue weighted by molar-refractivity contribution is 6.21. The molecule has 0 bridgehead atoms. The van der Waals surface area contributed by atoms with Gasteiger partial charge in [-0.1, -0.05) is 12.1 Å². The molecule has 0 unspecified atom stereocenters. The highest BCUT2D eigenvalue weighted by atomic mass is 16.2. The van der Waals surface area contributed by atoms with E-state index >= 15 is 0 Å². The Balaban J connectivity index is 2.43. The summed E-state index contributed by atoms with van der Waals surface area (Å²) in [5.74, 6) is -0.790. The fourth-order valence-corrected chi connectivity index (χ4v) is 1.48. The third-order valence-electron chi connectivity index (χ3n) is 2.34. The second-order valence-corrected chi connectivity index (χ2v) is 3.51. The number of carbonyl (C=O) groups excluding carboxylic acids is 2. The lowest BCUT2D eigenvalue weighted by molar-refractivity contribution is 0.0658. The Hall–Kier alpha value is -2.01. The molecule has 2 amide bonds. The summed E-state index contributed by atoms with van der Waals surface area (Å²) in [7, 11) is 0. The Bertz CT molecular complexity index is 459. The lowest BCUT2D eigenvalue weighted by atomic mass is 10.1. The predicted octanol–water partition coefficient (Wildman–Crippen LogP) is 0.617. The Morgan fingerprint density at radius 3 is 2.19 bits per heavy atom. The summed E-state index contributed by atoms with van der Waals surface area (Å²) in [6.45, 7) is 1.89. The van der Waals surface area contributed by atoms with Gasteiger partial charge in [-0.2, -0.15) is 10.1 Å². The molecule has 0 radical (unpaired) electrons. The summed E-state index contributed by atoms with van der Waals surface area (Å²) in [6.07, 6.45) is 0. The molecule has 1 aromatic carbocycles. The lowest BCUT2D eigenvalue weighted by Gasteiger charge is -2.07. The fraction of sp³-hybridized carbons (Fsp3) is 0.182. The molecule has 0 aromatic heterocycles. The standard InChI is InChI=1S/C11H11N3O2/c1-7(6-12)13-14-10(15)8-4-2-3-5-9(8)11(14)16/h2-5H,6,12H2,1H3/b13-7+. The normalized spacial score (nSPS) is 15.6. The van der Waals surface area contributed by atoms with E-state index in [-0.39, 0.29) is 6.54 Å². The number of nitrogens with two attached hydrogens (primary N) is 1. The van der Waals surface area contributed by atoms with E-state index in [1.54, 1.807) is 31.2 Å². The van der Waals surface area contributed by atoms with E-state index in [1.807, 2.05) is 0 Å². The Morgan fingerprint density at radius 2 is 1.75 bits per heavy atom. The SMILES string of the molecule is C/C(CN)=N\N1C(=O)c2ccccc2C1=O. The van der Waals surface area contributed by atoms with Crippen LogP contribution in [-0.2, 0) is 0 Å². The van der Waals surface area contributed by atoms with Gasteiger partial charge < -0.3 is 5.73 Å². The largest absolute Gasteiger partial charge is 0.325 e. The number of fused-ring (bicyclic) bond motifs is 1. The van der Waals surface area contributed by atoms with Crippen LogP contribution in [0.25, 0.3) is 0 Å². The Morgan fingerprint density at radius 1 is 1.25 bits per heavy atom. The number of nitrogens with zero attached hydrogens (tertiary/aromatic N) is 2. The molecule has 82 valence electrons. The molecular weight excluding hydrogens is 206 g/mol. The first kappa shape index (κ1) is 10.5. The summed E-state index contributed by atoms with van der Waals surface area (Å²) in [5, 5.41) is 4.77. The van der Waals surface area contributed by atoms with Crippen LogP contribution < -0.4 is 5.73 Å². The van der Waals surface area contributed by atoms with Gasteiger partial charge in [-0.3, -0.25) is 9.59 Å². The van der Waals surface area contributed by atoms with Gasteiger partial charge in [0.2, 0.25) is 0 Å².